The van der Waals surface area contributed by atoms with Crippen LogP contribution in [0.25, 0.3) is 0 Å². The van der Waals surface area contributed by atoms with Crippen molar-refractivity contribution in [1.29, 1.82) is 0 Å². The van der Waals surface area contributed by atoms with E-state index in [9.17, 15) is 4.79 Å². The maximum Gasteiger partial charge on any atom is 0.222 e. The number of hydrogen-bond acceptors (Lipinski definition) is 3. The van der Waals surface area contributed by atoms with Crippen LogP contribution in [0.15, 0.2) is 24.3 Å². The number of benzene rings is 1. The van der Waals surface area contributed by atoms with E-state index in [1.54, 1.807) is 0 Å². The van der Waals surface area contributed by atoms with Crippen LogP contribution in [-0.4, -0.2) is 63.0 Å². The Bertz CT molecular complexity index is 529. The molecule has 22 heavy (non-hydrogen) atoms. The van der Waals surface area contributed by atoms with E-state index in [4.69, 9.17) is 0 Å². The maximum absolute atomic E-state index is 12.5. The maximum atomic E-state index is 12.5. The van der Waals surface area contributed by atoms with E-state index in [-0.39, 0.29) is 0 Å². The van der Waals surface area contributed by atoms with E-state index in [0.29, 0.717) is 24.2 Å². The first-order chi connectivity index (χ1) is 10.5. The molecule has 120 valence electrons. The molecule has 0 bridgehead atoms. The molecule has 0 spiro atoms. The first-order valence-corrected chi connectivity index (χ1v) is 8.25. The lowest BCUT2D eigenvalue weighted by Crippen LogP contribution is -2.32. The molecule has 3 rings (SSSR count). The van der Waals surface area contributed by atoms with E-state index in [1.807, 2.05) is 14.1 Å². The molecule has 0 N–H and O–H groups in total. The molecule has 2 aliphatic heterocycles. The van der Waals surface area contributed by atoms with Gasteiger partial charge in [-0.1, -0.05) is 12.1 Å². The van der Waals surface area contributed by atoms with Crippen molar-refractivity contribution >= 4 is 11.6 Å². The van der Waals surface area contributed by atoms with Gasteiger partial charge in [-0.05, 0) is 43.0 Å². The standard InChI is InChI=1S/C18H27N3O/c1-19(2)17-6-4-5-14(9-17)7-8-18(22)21-12-15-10-20(3)11-16(15)13-21/h4-6,9,15-16H,7-8,10-13H2,1-3H3/t15-,16+. The summed E-state index contributed by atoms with van der Waals surface area (Å²) in [5, 5.41) is 0. The van der Waals surface area contributed by atoms with Gasteiger partial charge in [0.15, 0.2) is 0 Å². The molecule has 4 nitrogen and oxygen atoms in total. The fourth-order valence-corrected chi connectivity index (χ4v) is 3.83. The Morgan fingerprint density at radius 2 is 1.86 bits per heavy atom. The van der Waals surface area contributed by atoms with Crippen LogP contribution in [0.1, 0.15) is 12.0 Å². The molecular weight excluding hydrogens is 274 g/mol. The highest BCUT2D eigenvalue weighted by Crippen LogP contribution is 2.30. The number of likely N-dealkylation sites (tertiary alicyclic amines) is 2. The van der Waals surface area contributed by atoms with Crippen molar-refractivity contribution in [1.82, 2.24) is 9.80 Å². The lowest BCUT2D eigenvalue weighted by atomic mass is 10.0. The Morgan fingerprint density at radius 1 is 1.18 bits per heavy atom. The third-order valence-corrected chi connectivity index (χ3v) is 5.08. The molecule has 1 aromatic carbocycles. The highest BCUT2D eigenvalue weighted by molar-refractivity contribution is 5.77. The van der Waals surface area contributed by atoms with Gasteiger partial charge in [-0.2, -0.15) is 0 Å². The van der Waals surface area contributed by atoms with Gasteiger partial charge in [0.1, 0.15) is 0 Å². The normalized spacial score (nSPS) is 24.6. The number of nitrogens with zero attached hydrogens (tertiary/aromatic N) is 3. The highest BCUT2D eigenvalue weighted by Gasteiger charge is 2.39. The zero-order chi connectivity index (χ0) is 15.7. The number of hydrogen-bond donors (Lipinski definition) is 0. The number of rotatable bonds is 4. The number of carbonyl (C=O) groups is 1. The van der Waals surface area contributed by atoms with Gasteiger partial charge in [0.2, 0.25) is 5.91 Å². The van der Waals surface area contributed by atoms with Crippen LogP contribution in [0.2, 0.25) is 0 Å². The largest absolute Gasteiger partial charge is 0.378 e. The van der Waals surface area contributed by atoms with Gasteiger partial charge in [-0.25, -0.2) is 0 Å². The van der Waals surface area contributed by atoms with Crippen LogP contribution < -0.4 is 4.90 Å². The second-order valence-electron chi connectivity index (χ2n) is 7.10. The number of fused-ring (bicyclic) bond motifs is 1. The van der Waals surface area contributed by atoms with Crippen molar-refractivity contribution in [2.45, 2.75) is 12.8 Å². The van der Waals surface area contributed by atoms with Crippen LogP contribution in [0.3, 0.4) is 0 Å². The quantitative estimate of drug-likeness (QED) is 0.847. The van der Waals surface area contributed by atoms with E-state index in [1.165, 1.54) is 11.3 Å². The number of anilines is 1. The minimum atomic E-state index is 0.326. The van der Waals surface area contributed by atoms with Crippen LogP contribution in [0.5, 0.6) is 0 Å². The molecule has 0 radical (unpaired) electrons. The zero-order valence-electron chi connectivity index (χ0n) is 14.0. The third-order valence-electron chi connectivity index (χ3n) is 5.08. The van der Waals surface area contributed by atoms with Crippen molar-refractivity contribution < 1.29 is 4.79 Å². The first kappa shape index (κ1) is 15.3. The van der Waals surface area contributed by atoms with Gasteiger partial charge in [-0.15, -0.1) is 0 Å². The van der Waals surface area contributed by atoms with Crippen molar-refractivity contribution in [3.05, 3.63) is 29.8 Å². The molecule has 4 heteroatoms. The molecule has 2 aliphatic rings. The Morgan fingerprint density at radius 3 is 2.50 bits per heavy atom. The minimum Gasteiger partial charge on any atom is -0.378 e. The summed E-state index contributed by atoms with van der Waals surface area (Å²) in [7, 11) is 6.27. The SMILES string of the molecule is CN1C[C@@H]2CN(C(=O)CCc3cccc(N(C)C)c3)C[C@@H]2C1. The predicted octanol–water partition coefficient (Wildman–Crippen LogP) is 1.71. The predicted molar refractivity (Wildman–Crippen MR) is 90.1 cm³/mol. The smallest absolute Gasteiger partial charge is 0.222 e. The fourth-order valence-electron chi connectivity index (χ4n) is 3.83. The lowest BCUT2D eigenvalue weighted by molar-refractivity contribution is -0.130. The Labute approximate surface area is 133 Å². The summed E-state index contributed by atoms with van der Waals surface area (Å²) in [6.45, 7) is 4.23. The molecule has 2 saturated heterocycles. The molecule has 2 heterocycles. The summed E-state index contributed by atoms with van der Waals surface area (Å²) in [6, 6.07) is 8.48. The molecule has 0 saturated carbocycles. The number of carbonyl (C=O) groups excluding carboxylic acids is 1. The van der Waals surface area contributed by atoms with Crippen LogP contribution in [0.4, 0.5) is 5.69 Å². The fraction of sp³-hybridized carbons (Fsp3) is 0.611. The van der Waals surface area contributed by atoms with Crippen molar-refractivity contribution in [2.24, 2.45) is 11.8 Å². The monoisotopic (exact) mass is 301 g/mol. The van der Waals surface area contributed by atoms with E-state index < -0.39 is 0 Å². The van der Waals surface area contributed by atoms with E-state index in [2.05, 4.69) is 46.0 Å². The molecule has 0 unspecified atom stereocenters. The average molecular weight is 301 g/mol. The summed E-state index contributed by atoms with van der Waals surface area (Å²) in [5.41, 5.74) is 2.45. The summed E-state index contributed by atoms with van der Waals surface area (Å²) < 4.78 is 0. The summed E-state index contributed by atoms with van der Waals surface area (Å²) >= 11 is 0. The topological polar surface area (TPSA) is 26.8 Å². The Balaban J connectivity index is 1.52. The van der Waals surface area contributed by atoms with Gasteiger partial charge in [0.25, 0.3) is 0 Å². The molecule has 2 fully saturated rings. The van der Waals surface area contributed by atoms with Gasteiger partial charge in [0.05, 0.1) is 0 Å². The lowest BCUT2D eigenvalue weighted by Gasteiger charge is -2.19. The zero-order valence-corrected chi connectivity index (χ0v) is 14.0. The Hall–Kier alpha value is -1.55. The molecule has 1 aromatic rings. The molecule has 2 atom stereocenters. The van der Waals surface area contributed by atoms with Gasteiger partial charge < -0.3 is 14.7 Å². The molecular formula is C18H27N3O. The van der Waals surface area contributed by atoms with E-state index >= 15 is 0 Å². The highest BCUT2D eigenvalue weighted by atomic mass is 16.2. The van der Waals surface area contributed by atoms with E-state index in [0.717, 1.165) is 32.6 Å². The van der Waals surface area contributed by atoms with Crippen LogP contribution >= 0.6 is 0 Å². The minimum absolute atomic E-state index is 0.326. The molecule has 0 aliphatic carbocycles. The summed E-state index contributed by atoms with van der Waals surface area (Å²) in [6.07, 6.45) is 1.47. The first-order valence-electron chi connectivity index (χ1n) is 8.25. The summed E-state index contributed by atoms with van der Waals surface area (Å²) in [4.78, 5) is 19.0. The molecule has 1 amide bonds. The second kappa shape index (κ2) is 6.29. The van der Waals surface area contributed by atoms with Gasteiger partial charge >= 0.3 is 0 Å². The van der Waals surface area contributed by atoms with Crippen LogP contribution in [-0.2, 0) is 11.2 Å². The second-order valence-corrected chi connectivity index (χ2v) is 7.10. The van der Waals surface area contributed by atoms with Crippen molar-refractivity contribution in [2.75, 3.05) is 52.2 Å². The number of amides is 1. The average Bonchev–Trinajstić information content (AvgIpc) is 3.02. The van der Waals surface area contributed by atoms with Crippen molar-refractivity contribution in [3.8, 4) is 0 Å². The van der Waals surface area contributed by atoms with Gasteiger partial charge in [0, 0.05) is 52.4 Å². The van der Waals surface area contributed by atoms with Gasteiger partial charge in [-0.3, -0.25) is 4.79 Å². The molecule has 0 aromatic heterocycles. The van der Waals surface area contributed by atoms with Crippen molar-refractivity contribution in [3.63, 3.8) is 0 Å². The third kappa shape index (κ3) is 3.27. The number of aryl methyl sites for hydroxylation is 1. The Kier molecular flexibility index (Phi) is 4.39. The van der Waals surface area contributed by atoms with Crippen LogP contribution in [0, 0.1) is 11.8 Å². The summed E-state index contributed by atoms with van der Waals surface area (Å²) in [5.74, 6) is 1.73.